The fraction of sp³-hybridized carbons (Fsp3) is 0.333. The summed E-state index contributed by atoms with van der Waals surface area (Å²) in [5, 5.41) is 0. The second-order valence-corrected chi connectivity index (χ2v) is 5.62. The number of fused-ring (bicyclic) bond motifs is 1. The first-order valence-corrected chi connectivity index (χ1v) is 7.24. The minimum Gasteiger partial charge on any atom is -0.493 e. The number of nitrogens with zero attached hydrogens (tertiary/aromatic N) is 1. The molecule has 0 spiro atoms. The number of likely N-dealkylation sites (N-methyl/N-ethyl adjacent to an activating group) is 1. The molecule has 3 rings (SSSR count). The minimum atomic E-state index is 0.0347. The number of rotatable bonds is 4. The van der Waals surface area contributed by atoms with Gasteiger partial charge in [-0.3, -0.25) is 0 Å². The maximum Gasteiger partial charge on any atom is 0.162 e. The SMILES string of the molecule is COc1ccccc1O[C@@H]1c2ccccc2C[C@H]1N(C)C. The van der Waals surface area contributed by atoms with E-state index in [4.69, 9.17) is 9.47 Å². The van der Waals surface area contributed by atoms with Gasteiger partial charge in [0.05, 0.1) is 13.2 Å². The van der Waals surface area contributed by atoms with E-state index in [1.165, 1.54) is 11.1 Å². The lowest BCUT2D eigenvalue weighted by atomic mass is 10.1. The second kappa shape index (κ2) is 5.78. The maximum atomic E-state index is 6.33. The molecule has 0 bridgehead atoms. The van der Waals surface area contributed by atoms with Gasteiger partial charge in [0, 0.05) is 0 Å². The van der Waals surface area contributed by atoms with Crippen molar-refractivity contribution in [3.63, 3.8) is 0 Å². The summed E-state index contributed by atoms with van der Waals surface area (Å²) in [7, 11) is 5.89. The zero-order valence-electron chi connectivity index (χ0n) is 12.7. The van der Waals surface area contributed by atoms with Gasteiger partial charge in [-0.05, 0) is 43.8 Å². The van der Waals surface area contributed by atoms with Crippen molar-refractivity contribution in [1.29, 1.82) is 0 Å². The van der Waals surface area contributed by atoms with Crippen molar-refractivity contribution < 1.29 is 9.47 Å². The van der Waals surface area contributed by atoms with E-state index in [0.29, 0.717) is 6.04 Å². The molecule has 0 aliphatic heterocycles. The molecular weight excluding hydrogens is 262 g/mol. The molecule has 2 aromatic carbocycles. The summed E-state index contributed by atoms with van der Waals surface area (Å²) in [5.74, 6) is 1.58. The summed E-state index contributed by atoms with van der Waals surface area (Å²) in [6.07, 6.45) is 1.05. The van der Waals surface area contributed by atoms with Gasteiger partial charge >= 0.3 is 0 Å². The first kappa shape index (κ1) is 14.0. The first-order chi connectivity index (χ1) is 10.2. The summed E-state index contributed by atoms with van der Waals surface area (Å²) >= 11 is 0. The fourth-order valence-electron chi connectivity index (χ4n) is 2.99. The van der Waals surface area contributed by atoms with E-state index in [1.807, 2.05) is 24.3 Å². The molecule has 0 radical (unpaired) electrons. The van der Waals surface area contributed by atoms with E-state index in [-0.39, 0.29) is 6.10 Å². The van der Waals surface area contributed by atoms with Crippen molar-refractivity contribution >= 4 is 0 Å². The molecule has 0 unspecified atom stereocenters. The first-order valence-electron chi connectivity index (χ1n) is 7.24. The number of ether oxygens (including phenoxy) is 2. The molecule has 0 amide bonds. The van der Waals surface area contributed by atoms with Crippen molar-refractivity contribution in [3.05, 3.63) is 59.7 Å². The average molecular weight is 283 g/mol. The molecule has 1 aliphatic carbocycles. The molecule has 1 aliphatic rings. The minimum absolute atomic E-state index is 0.0347. The lowest BCUT2D eigenvalue weighted by molar-refractivity contribution is 0.108. The quantitative estimate of drug-likeness (QED) is 0.859. The lowest BCUT2D eigenvalue weighted by Gasteiger charge is -2.27. The Morgan fingerprint density at radius 3 is 2.33 bits per heavy atom. The van der Waals surface area contributed by atoms with E-state index >= 15 is 0 Å². The number of hydrogen-bond acceptors (Lipinski definition) is 3. The van der Waals surface area contributed by atoms with Crippen molar-refractivity contribution in [2.75, 3.05) is 21.2 Å². The Kier molecular flexibility index (Phi) is 3.84. The average Bonchev–Trinajstić information content (AvgIpc) is 2.87. The molecule has 21 heavy (non-hydrogen) atoms. The fourth-order valence-corrected chi connectivity index (χ4v) is 2.99. The molecule has 3 heteroatoms. The van der Waals surface area contributed by atoms with Crippen LogP contribution in [0.5, 0.6) is 11.5 Å². The topological polar surface area (TPSA) is 21.7 Å². The predicted molar refractivity (Wildman–Crippen MR) is 84.0 cm³/mol. The number of benzene rings is 2. The van der Waals surface area contributed by atoms with Crippen LogP contribution < -0.4 is 9.47 Å². The Labute approximate surface area is 126 Å². The maximum absolute atomic E-state index is 6.33. The second-order valence-electron chi connectivity index (χ2n) is 5.62. The zero-order chi connectivity index (χ0) is 14.8. The number of para-hydroxylation sites is 2. The highest BCUT2D eigenvalue weighted by molar-refractivity contribution is 5.42. The monoisotopic (exact) mass is 283 g/mol. The zero-order valence-corrected chi connectivity index (χ0v) is 12.7. The van der Waals surface area contributed by atoms with Crippen LogP contribution in [-0.2, 0) is 6.42 Å². The van der Waals surface area contributed by atoms with Crippen molar-refractivity contribution in [2.24, 2.45) is 0 Å². The highest BCUT2D eigenvalue weighted by Crippen LogP contribution is 2.39. The van der Waals surface area contributed by atoms with Crippen LogP contribution in [0.3, 0.4) is 0 Å². The summed E-state index contributed by atoms with van der Waals surface area (Å²) in [6, 6.07) is 16.7. The third-order valence-electron chi connectivity index (χ3n) is 4.13. The molecule has 0 heterocycles. The van der Waals surface area contributed by atoms with Gasteiger partial charge in [-0.25, -0.2) is 0 Å². The van der Waals surface area contributed by atoms with Gasteiger partial charge in [0.2, 0.25) is 0 Å². The van der Waals surface area contributed by atoms with Crippen LogP contribution in [0, 0.1) is 0 Å². The molecule has 2 atom stereocenters. The normalized spacial score (nSPS) is 20.4. The summed E-state index contributed by atoms with van der Waals surface area (Å²) in [5.41, 5.74) is 2.65. The highest BCUT2D eigenvalue weighted by atomic mass is 16.5. The molecule has 2 aromatic rings. The van der Waals surface area contributed by atoms with Crippen molar-refractivity contribution in [3.8, 4) is 11.5 Å². The van der Waals surface area contributed by atoms with Crippen LogP contribution in [0.2, 0.25) is 0 Å². The van der Waals surface area contributed by atoms with E-state index in [1.54, 1.807) is 7.11 Å². The van der Waals surface area contributed by atoms with Crippen LogP contribution in [0.15, 0.2) is 48.5 Å². The molecular formula is C18H21NO2. The highest BCUT2D eigenvalue weighted by Gasteiger charge is 2.35. The van der Waals surface area contributed by atoms with E-state index < -0.39 is 0 Å². The number of hydrogen-bond donors (Lipinski definition) is 0. The van der Waals surface area contributed by atoms with Crippen molar-refractivity contribution in [1.82, 2.24) is 4.90 Å². The van der Waals surface area contributed by atoms with Crippen molar-refractivity contribution in [2.45, 2.75) is 18.6 Å². The Balaban J connectivity index is 1.95. The van der Waals surface area contributed by atoms with Gasteiger partial charge in [0.1, 0.15) is 6.10 Å². The molecule has 3 nitrogen and oxygen atoms in total. The molecule has 0 fully saturated rings. The Hall–Kier alpha value is -2.00. The smallest absolute Gasteiger partial charge is 0.162 e. The van der Waals surface area contributed by atoms with Crippen LogP contribution in [0.4, 0.5) is 0 Å². The lowest BCUT2D eigenvalue weighted by Crippen LogP contribution is -2.34. The Morgan fingerprint density at radius 2 is 1.62 bits per heavy atom. The van der Waals surface area contributed by atoms with Crippen LogP contribution >= 0.6 is 0 Å². The van der Waals surface area contributed by atoms with Crippen LogP contribution in [-0.4, -0.2) is 32.1 Å². The summed E-state index contributed by atoms with van der Waals surface area (Å²) in [6.45, 7) is 0. The van der Waals surface area contributed by atoms with Crippen LogP contribution in [0.1, 0.15) is 17.2 Å². The van der Waals surface area contributed by atoms with Gasteiger partial charge in [0.15, 0.2) is 11.5 Å². The number of methoxy groups -OCH3 is 1. The van der Waals surface area contributed by atoms with Gasteiger partial charge in [-0.2, -0.15) is 0 Å². The molecule has 110 valence electrons. The van der Waals surface area contributed by atoms with E-state index in [0.717, 1.165) is 17.9 Å². The van der Waals surface area contributed by atoms with Gasteiger partial charge in [-0.15, -0.1) is 0 Å². The van der Waals surface area contributed by atoms with Gasteiger partial charge < -0.3 is 14.4 Å². The Morgan fingerprint density at radius 1 is 0.952 bits per heavy atom. The third-order valence-corrected chi connectivity index (χ3v) is 4.13. The standard InChI is InChI=1S/C18H21NO2/c1-19(2)15-12-13-8-4-5-9-14(13)18(15)21-17-11-7-6-10-16(17)20-3/h4-11,15,18H,12H2,1-3H3/t15-,18-/m1/s1. The molecule has 0 saturated heterocycles. The third kappa shape index (κ3) is 2.61. The summed E-state index contributed by atoms with van der Waals surface area (Å²) < 4.78 is 11.7. The molecule has 0 N–H and O–H groups in total. The Bertz CT molecular complexity index is 624. The van der Waals surface area contributed by atoms with Crippen LogP contribution in [0.25, 0.3) is 0 Å². The van der Waals surface area contributed by atoms with E-state index in [9.17, 15) is 0 Å². The van der Waals surface area contributed by atoms with Gasteiger partial charge in [0.25, 0.3) is 0 Å². The van der Waals surface area contributed by atoms with Gasteiger partial charge in [-0.1, -0.05) is 36.4 Å². The molecule has 0 saturated carbocycles. The molecule has 0 aromatic heterocycles. The predicted octanol–water partition coefficient (Wildman–Crippen LogP) is 3.30. The summed E-state index contributed by atoms with van der Waals surface area (Å²) in [4.78, 5) is 2.24. The largest absolute Gasteiger partial charge is 0.493 e. The van der Waals surface area contributed by atoms with E-state index in [2.05, 4.69) is 43.3 Å².